The molecule has 0 radical (unpaired) electrons. The number of piperidine rings is 1. The Morgan fingerprint density at radius 3 is 2.62 bits per heavy atom. The second-order valence-corrected chi connectivity index (χ2v) is 13.4. The summed E-state index contributed by atoms with van der Waals surface area (Å²) in [6, 6.07) is 16.3. The number of rotatable bonds is 8. The number of fused-ring (bicyclic) bond motifs is 1. The van der Waals surface area contributed by atoms with E-state index in [1.54, 1.807) is 0 Å². The summed E-state index contributed by atoms with van der Waals surface area (Å²) in [6.45, 7) is 9.61. The normalized spacial score (nSPS) is 24.4. The largest absolute Gasteiger partial charge is 0.457 e. The Morgan fingerprint density at radius 1 is 1.05 bits per heavy atom. The fourth-order valence-electron chi connectivity index (χ4n) is 7.73. The average Bonchev–Trinajstić information content (AvgIpc) is 2.91. The van der Waals surface area contributed by atoms with E-state index in [4.69, 9.17) is 14.2 Å². The minimum atomic E-state index is -0.213. The van der Waals surface area contributed by atoms with Gasteiger partial charge in [-0.3, -0.25) is 4.79 Å². The molecule has 40 heavy (non-hydrogen) atoms. The maximum absolute atomic E-state index is 13.3. The Labute approximate surface area is 239 Å². The van der Waals surface area contributed by atoms with Crippen LogP contribution in [-0.4, -0.2) is 36.3 Å². The van der Waals surface area contributed by atoms with Crippen molar-refractivity contribution in [3.63, 3.8) is 0 Å². The lowest BCUT2D eigenvalue weighted by Crippen LogP contribution is -2.62. The first-order valence-corrected chi connectivity index (χ1v) is 15.0. The van der Waals surface area contributed by atoms with Gasteiger partial charge >= 0.3 is 12.1 Å². The first kappa shape index (κ1) is 28.5. The van der Waals surface area contributed by atoms with E-state index in [-0.39, 0.29) is 41.6 Å². The quantitative estimate of drug-likeness (QED) is 0.254. The van der Waals surface area contributed by atoms with Crippen LogP contribution in [0.5, 0.6) is 5.75 Å². The van der Waals surface area contributed by atoms with E-state index < -0.39 is 0 Å². The molecule has 1 saturated carbocycles. The van der Waals surface area contributed by atoms with Gasteiger partial charge in [-0.05, 0) is 78.2 Å². The molecule has 3 aliphatic rings. The number of ether oxygens (including phenoxy) is 3. The summed E-state index contributed by atoms with van der Waals surface area (Å²) in [5.41, 5.74) is 3.92. The van der Waals surface area contributed by atoms with E-state index >= 15 is 0 Å². The fraction of sp³-hybridized carbons (Fsp3) is 0.588. The summed E-state index contributed by atoms with van der Waals surface area (Å²) in [5.74, 6) is 1.23. The van der Waals surface area contributed by atoms with E-state index in [1.807, 2.05) is 41.3 Å². The van der Waals surface area contributed by atoms with Crippen LogP contribution in [0.15, 0.2) is 48.5 Å². The van der Waals surface area contributed by atoms with Gasteiger partial charge in [-0.25, -0.2) is 4.79 Å². The van der Waals surface area contributed by atoms with Gasteiger partial charge in [0.05, 0.1) is 0 Å². The molecule has 1 heterocycles. The Balaban J connectivity index is 1.24. The van der Waals surface area contributed by atoms with Crippen LogP contribution in [0.4, 0.5) is 4.79 Å². The molecule has 1 aliphatic heterocycles. The van der Waals surface area contributed by atoms with Crippen molar-refractivity contribution in [2.75, 3.05) is 13.3 Å². The molecule has 216 valence electrons. The van der Waals surface area contributed by atoms with Crippen LogP contribution >= 0.6 is 0 Å². The Kier molecular flexibility index (Phi) is 8.44. The molecule has 2 fully saturated rings. The average molecular weight is 548 g/mol. The molecule has 6 nitrogen and oxygen atoms in total. The van der Waals surface area contributed by atoms with E-state index in [1.165, 1.54) is 24.0 Å². The molecule has 2 aromatic carbocycles. The summed E-state index contributed by atoms with van der Waals surface area (Å²) in [5, 5.41) is 0. The SMILES string of the molecule is CC(CC(=O)OCOc1ccc2c(c1)[C@@]13CCCC[C@H]1[C@@H](C2)N(C(=O)OCc1ccccc1)CC3)CC(C)(C)C. The molecule has 6 heteroatoms. The number of hydrogen-bond acceptors (Lipinski definition) is 5. The van der Waals surface area contributed by atoms with Gasteiger partial charge in [-0.15, -0.1) is 0 Å². The third-order valence-electron chi connectivity index (χ3n) is 9.17. The van der Waals surface area contributed by atoms with Crippen molar-refractivity contribution in [2.24, 2.45) is 17.3 Å². The highest BCUT2D eigenvalue weighted by atomic mass is 16.7. The second kappa shape index (κ2) is 11.8. The summed E-state index contributed by atoms with van der Waals surface area (Å²) in [4.78, 5) is 27.6. The molecule has 0 aromatic heterocycles. The van der Waals surface area contributed by atoms with Gasteiger partial charge in [0.25, 0.3) is 0 Å². The number of carbonyl (C=O) groups is 2. The molecule has 1 unspecified atom stereocenters. The third kappa shape index (κ3) is 6.31. The van der Waals surface area contributed by atoms with Crippen LogP contribution in [-0.2, 0) is 32.7 Å². The van der Waals surface area contributed by atoms with Gasteiger partial charge in [0.15, 0.2) is 0 Å². The zero-order valence-corrected chi connectivity index (χ0v) is 24.6. The molecule has 2 aromatic rings. The highest BCUT2D eigenvalue weighted by Crippen LogP contribution is 2.56. The number of hydrogen-bond donors (Lipinski definition) is 0. The van der Waals surface area contributed by atoms with Crippen molar-refractivity contribution in [2.45, 2.75) is 97.1 Å². The zero-order valence-electron chi connectivity index (χ0n) is 24.6. The first-order valence-electron chi connectivity index (χ1n) is 15.0. The first-order chi connectivity index (χ1) is 19.1. The van der Waals surface area contributed by atoms with Crippen molar-refractivity contribution in [3.8, 4) is 5.75 Å². The van der Waals surface area contributed by atoms with E-state index in [2.05, 4.69) is 39.8 Å². The standard InChI is InChI=1S/C34H45NO5/c1-24(21-33(2,3)4)18-31(36)40-23-39-27-14-13-26-19-30-28-12-8-9-15-34(28,29(26)20-27)16-17-35(30)32(37)38-22-25-10-6-5-7-11-25/h5-7,10-11,13-14,20,24,28,30H,8-9,12,15-19,21-23H2,1-4H3/t24?,28-,30+,34+/m0/s1. The van der Waals surface area contributed by atoms with Gasteiger partial charge in [-0.2, -0.15) is 0 Å². The summed E-state index contributed by atoms with van der Waals surface area (Å²) in [6.07, 6.45) is 7.62. The number of amides is 1. The van der Waals surface area contributed by atoms with E-state index in [0.29, 0.717) is 25.5 Å². The van der Waals surface area contributed by atoms with E-state index in [9.17, 15) is 9.59 Å². The van der Waals surface area contributed by atoms with E-state index in [0.717, 1.165) is 43.4 Å². The fourth-order valence-corrected chi connectivity index (χ4v) is 7.73. The van der Waals surface area contributed by atoms with Gasteiger partial charge in [-0.1, -0.05) is 76.9 Å². The van der Waals surface area contributed by atoms with Crippen molar-refractivity contribution in [3.05, 3.63) is 65.2 Å². The Morgan fingerprint density at radius 2 is 1.85 bits per heavy atom. The van der Waals surface area contributed by atoms with Gasteiger partial charge in [0.1, 0.15) is 12.4 Å². The predicted molar refractivity (Wildman–Crippen MR) is 155 cm³/mol. The number of benzene rings is 2. The lowest BCUT2D eigenvalue weighted by atomic mass is 9.52. The van der Waals surface area contributed by atoms with Crippen molar-refractivity contribution in [1.29, 1.82) is 0 Å². The number of esters is 1. The summed E-state index contributed by atoms with van der Waals surface area (Å²) in [7, 11) is 0. The van der Waals surface area contributed by atoms with Crippen LogP contribution in [0.3, 0.4) is 0 Å². The lowest BCUT2D eigenvalue weighted by Gasteiger charge is -2.58. The maximum Gasteiger partial charge on any atom is 0.410 e. The molecule has 0 spiro atoms. The molecule has 5 rings (SSSR count). The number of likely N-dealkylation sites (tertiary alicyclic amines) is 1. The number of nitrogens with zero attached hydrogens (tertiary/aromatic N) is 1. The molecule has 1 amide bonds. The molecular weight excluding hydrogens is 502 g/mol. The molecule has 4 atom stereocenters. The second-order valence-electron chi connectivity index (χ2n) is 13.4. The predicted octanol–water partition coefficient (Wildman–Crippen LogP) is 7.42. The van der Waals surface area contributed by atoms with Crippen molar-refractivity contribution in [1.82, 2.24) is 4.90 Å². The maximum atomic E-state index is 13.3. The number of carbonyl (C=O) groups excluding carboxylic acids is 2. The molecule has 0 N–H and O–H groups in total. The van der Waals surface area contributed by atoms with Gasteiger partial charge in [0.2, 0.25) is 6.79 Å². The highest BCUT2D eigenvalue weighted by molar-refractivity contribution is 5.70. The minimum absolute atomic E-state index is 0.0607. The summed E-state index contributed by atoms with van der Waals surface area (Å²) < 4.78 is 17.2. The van der Waals surface area contributed by atoms with Crippen LogP contribution in [0.1, 0.15) is 89.3 Å². The third-order valence-corrected chi connectivity index (χ3v) is 9.17. The lowest BCUT2D eigenvalue weighted by molar-refractivity contribution is -0.151. The monoisotopic (exact) mass is 547 g/mol. The molecular formula is C34H45NO5. The van der Waals surface area contributed by atoms with Crippen LogP contribution in [0, 0.1) is 17.3 Å². The van der Waals surface area contributed by atoms with Crippen LogP contribution < -0.4 is 4.74 Å². The Hall–Kier alpha value is -3.02. The molecule has 2 bridgehead atoms. The molecule has 2 aliphatic carbocycles. The van der Waals surface area contributed by atoms with Crippen molar-refractivity contribution < 1.29 is 23.8 Å². The Bertz CT molecular complexity index is 1190. The van der Waals surface area contributed by atoms with Crippen LogP contribution in [0.25, 0.3) is 0 Å². The van der Waals surface area contributed by atoms with Crippen molar-refractivity contribution >= 4 is 12.1 Å². The smallest absolute Gasteiger partial charge is 0.410 e. The topological polar surface area (TPSA) is 65.1 Å². The van der Waals surface area contributed by atoms with Gasteiger partial charge < -0.3 is 19.1 Å². The molecule has 1 saturated heterocycles. The van der Waals surface area contributed by atoms with Crippen LogP contribution in [0.2, 0.25) is 0 Å². The minimum Gasteiger partial charge on any atom is -0.457 e. The zero-order chi connectivity index (χ0) is 28.3. The summed E-state index contributed by atoms with van der Waals surface area (Å²) >= 11 is 0. The highest BCUT2D eigenvalue weighted by Gasteiger charge is 2.55. The van der Waals surface area contributed by atoms with Gasteiger partial charge in [0, 0.05) is 24.4 Å².